The van der Waals surface area contributed by atoms with E-state index in [1.165, 1.54) is 17.8 Å². The summed E-state index contributed by atoms with van der Waals surface area (Å²) in [6.07, 6.45) is 0.0378. The molecule has 2 aliphatic rings. The zero-order valence-electron chi connectivity index (χ0n) is 19.7. The third-order valence-corrected chi connectivity index (χ3v) is 6.57. The number of aliphatic imine (C=N–C) groups is 1. The number of halogens is 1. The predicted molar refractivity (Wildman–Crippen MR) is 133 cm³/mol. The largest absolute Gasteiger partial charge is 0.497 e. The number of hydrogen-bond donors (Lipinski definition) is 1. The number of allylic oxidation sites excluding steroid dienone is 1. The summed E-state index contributed by atoms with van der Waals surface area (Å²) in [6, 6.07) is 13.2. The fourth-order valence-electron chi connectivity index (χ4n) is 4.03. The Morgan fingerprint density at radius 1 is 1.20 bits per heavy atom. The molecule has 0 unspecified atom stereocenters. The smallest absolute Gasteiger partial charge is 0.338 e. The molecule has 0 aromatic heterocycles. The fraction of sp³-hybridized carbons (Fsp3) is 0.269. The quantitative estimate of drug-likeness (QED) is 0.536. The maximum absolute atomic E-state index is 13.9. The molecule has 7 nitrogen and oxygen atoms in total. The average Bonchev–Trinajstić information content (AvgIpc) is 3.24. The average molecular weight is 496 g/mol. The molecule has 0 spiro atoms. The first-order valence-corrected chi connectivity index (χ1v) is 12.1. The number of fused-ring (bicyclic) bond motifs is 1. The lowest BCUT2D eigenvalue weighted by molar-refractivity contribution is -0.139. The van der Waals surface area contributed by atoms with E-state index in [1.807, 2.05) is 34.6 Å². The van der Waals surface area contributed by atoms with Gasteiger partial charge in [0.15, 0.2) is 5.17 Å². The van der Waals surface area contributed by atoms with Gasteiger partial charge in [-0.3, -0.25) is 4.79 Å². The van der Waals surface area contributed by atoms with Crippen LogP contribution >= 0.6 is 11.8 Å². The minimum atomic E-state index is -0.544. The highest BCUT2D eigenvalue weighted by Crippen LogP contribution is 2.45. The SMILES string of the molecule is CCOC(=O)C1=C(C)N=C2SC=C(CC(=O)NCc3ccccc3F)N2[C@@H]1c1cccc(OC)c1. The van der Waals surface area contributed by atoms with Crippen LogP contribution in [0.25, 0.3) is 0 Å². The Morgan fingerprint density at radius 2 is 2.00 bits per heavy atom. The molecule has 9 heteroatoms. The molecule has 35 heavy (non-hydrogen) atoms. The van der Waals surface area contributed by atoms with Crippen molar-refractivity contribution in [3.05, 3.63) is 87.9 Å². The summed E-state index contributed by atoms with van der Waals surface area (Å²) < 4.78 is 24.7. The molecule has 0 radical (unpaired) electrons. The Hall–Kier alpha value is -3.59. The second kappa shape index (κ2) is 10.8. The Bertz CT molecular complexity index is 1240. The van der Waals surface area contributed by atoms with E-state index in [0.717, 1.165) is 5.56 Å². The van der Waals surface area contributed by atoms with Crippen molar-refractivity contribution in [2.24, 2.45) is 4.99 Å². The maximum atomic E-state index is 13.9. The third-order valence-electron chi connectivity index (χ3n) is 5.68. The van der Waals surface area contributed by atoms with E-state index in [4.69, 9.17) is 9.47 Å². The molecular weight excluding hydrogens is 469 g/mol. The van der Waals surface area contributed by atoms with Crippen molar-refractivity contribution in [1.29, 1.82) is 0 Å². The molecule has 2 aliphatic heterocycles. The van der Waals surface area contributed by atoms with Gasteiger partial charge in [0.25, 0.3) is 0 Å². The number of esters is 1. The third kappa shape index (κ3) is 5.24. The first kappa shape index (κ1) is 24.5. The van der Waals surface area contributed by atoms with Crippen LogP contribution in [0.4, 0.5) is 4.39 Å². The number of amides is 1. The van der Waals surface area contributed by atoms with Crippen LogP contribution in [0.1, 0.15) is 37.4 Å². The summed E-state index contributed by atoms with van der Waals surface area (Å²) >= 11 is 1.39. The Balaban J connectivity index is 1.62. The van der Waals surface area contributed by atoms with Crippen LogP contribution in [0, 0.1) is 5.82 Å². The highest BCUT2D eigenvalue weighted by Gasteiger charge is 2.41. The Morgan fingerprint density at radius 3 is 2.74 bits per heavy atom. The molecule has 1 amide bonds. The van der Waals surface area contributed by atoms with Crippen LogP contribution in [0.5, 0.6) is 5.75 Å². The first-order chi connectivity index (χ1) is 16.9. The van der Waals surface area contributed by atoms with Gasteiger partial charge in [0, 0.05) is 17.8 Å². The van der Waals surface area contributed by atoms with Crippen LogP contribution in [0.2, 0.25) is 0 Å². The lowest BCUT2D eigenvalue weighted by Gasteiger charge is -2.36. The summed E-state index contributed by atoms with van der Waals surface area (Å²) in [6.45, 7) is 3.85. The summed E-state index contributed by atoms with van der Waals surface area (Å²) in [4.78, 5) is 32.3. The number of nitrogens with one attached hydrogen (secondary N) is 1. The highest BCUT2D eigenvalue weighted by molar-refractivity contribution is 8.16. The number of thioether (sulfide) groups is 1. The van der Waals surface area contributed by atoms with E-state index in [1.54, 1.807) is 39.2 Å². The van der Waals surface area contributed by atoms with Crippen LogP contribution in [-0.2, 0) is 20.9 Å². The summed E-state index contributed by atoms with van der Waals surface area (Å²) in [5.74, 6) is -0.449. The molecule has 0 bridgehead atoms. The molecular formula is C26H26FN3O4S. The lowest BCUT2D eigenvalue weighted by Crippen LogP contribution is -2.38. The number of methoxy groups -OCH3 is 1. The topological polar surface area (TPSA) is 80.2 Å². The molecule has 0 fully saturated rings. The summed E-state index contributed by atoms with van der Waals surface area (Å²) in [5.41, 5.74) is 2.87. The molecule has 4 rings (SSSR count). The van der Waals surface area contributed by atoms with Crippen LogP contribution in [0.3, 0.4) is 0 Å². The van der Waals surface area contributed by atoms with Crippen molar-refractivity contribution < 1.29 is 23.5 Å². The molecule has 0 aliphatic carbocycles. The van der Waals surface area contributed by atoms with E-state index in [0.29, 0.717) is 33.4 Å². The Labute approximate surface area is 207 Å². The van der Waals surface area contributed by atoms with Gasteiger partial charge in [0.2, 0.25) is 5.91 Å². The van der Waals surface area contributed by atoms with Crippen molar-refractivity contribution >= 4 is 28.8 Å². The minimum absolute atomic E-state index is 0.0378. The molecule has 0 saturated carbocycles. The molecule has 2 aromatic carbocycles. The normalized spacial score (nSPS) is 16.9. The standard InChI is InChI=1S/C26H26FN3O4S/c1-4-34-25(32)23-16(2)29-26-30(24(23)17-9-7-10-20(12-17)33-3)19(15-35-26)13-22(31)28-14-18-8-5-6-11-21(18)27/h5-12,15,24H,4,13-14H2,1-3H3,(H,28,31)/t24-/m1/s1. The lowest BCUT2D eigenvalue weighted by atomic mass is 9.93. The first-order valence-electron chi connectivity index (χ1n) is 11.2. The van der Waals surface area contributed by atoms with Crippen molar-refractivity contribution in [1.82, 2.24) is 10.2 Å². The molecule has 1 N–H and O–H groups in total. The zero-order valence-corrected chi connectivity index (χ0v) is 20.5. The van der Waals surface area contributed by atoms with Crippen LogP contribution in [0.15, 0.2) is 75.9 Å². The van der Waals surface area contributed by atoms with Gasteiger partial charge in [0.1, 0.15) is 11.6 Å². The second-order valence-electron chi connectivity index (χ2n) is 7.94. The molecule has 1 atom stereocenters. The molecule has 182 valence electrons. The Kier molecular flexibility index (Phi) is 7.55. The van der Waals surface area contributed by atoms with Gasteiger partial charge in [-0.1, -0.05) is 42.1 Å². The van der Waals surface area contributed by atoms with Gasteiger partial charge in [-0.15, -0.1) is 0 Å². The van der Waals surface area contributed by atoms with Crippen molar-refractivity contribution in [3.63, 3.8) is 0 Å². The number of hydrogen-bond acceptors (Lipinski definition) is 7. The van der Waals surface area contributed by atoms with Crippen LogP contribution < -0.4 is 10.1 Å². The van der Waals surface area contributed by atoms with Gasteiger partial charge in [-0.25, -0.2) is 14.2 Å². The van der Waals surface area contributed by atoms with Gasteiger partial charge in [-0.2, -0.15) is 0 Å². The minimum Gasteiger partial charge on any atom is -0.497 e. The van der Waals surface area contributed by atoms with Gasteiger partial charge < -0.3 is 19.7 Å². The zero-order chi connectivity index (χ0) is 24.9. The van der Waals surface area contributed by atoms with Gasteiger partial charge in [0.05, 0.1) is 37.4 Å². The summed E-state index contributed by atoms with van der Waals surface area (Å²) in [5, 5.41) is 5.30. The number of amidine groups is 1. The number of benzene rings is 2. The number of ether oxygens (including phenoxy) is 2. The monoisotopic (exact) mass is 495 g/mol. The van der Waals surface area contributed by atoms with Crippen molar-refractivity contribution in [2.75, 3.05) is 13.7 Å². The number of carbonyl (C=O) groups excluding carboxylic acids is 2. The number of rotatable bonds is 8. The fourth-order valence-corrected chi connectivity index (χ4v) is 4.99. The highest BCUT2D eigenvalue weighted by atomic mass is 32.2. The predicted octanol–water partition coefficient (Wildman–Crippen LogP) is 4.68. The van der Waals surface area contributed by atoms with E-state index in [9.17, 15) is 14.0 Å². The van der Waals surface area contributed by atoms with E-state index < -0.39 is 12.0 Å². The molecule has 2 aromatic rings. The van der Waals surface area contributed by atoms with E-state index in [-0.39, 0.29) is 31.3 Å². The number of nitrogens with zero attached hydrogens (tertiary/aromatic N) is 2. The van der Waals surface area contributed by atoms with Gasteiger partial charge >= 0.3 is 5.97 Å². The van der Waals surface area contributed by atoms with Crippen molar-refractivity contribution in [2.45, 2.75) is 32.9 Å². The van der Waals surface area contributed by atoms with E-state index in [2.05, 4.69) is 10.3 Å². The molecule has 0 saturated heterocycles. The summed E-state index contributed by atoms with van der Waals surface area (Å²) in [7, 11) is 1.58. The maximum Gasteiger partial charge on any atom is 0.338 e. The van der Waals surface area contributed by atoms with Crippen molar-refractivity contribution in [3.8, 4) is 5.75 Å². The van der Waals surface area contributed by atoms with Crippen LogP contribution in [-0.4, -0.2) is 35.7 Å². The molecule has 2 heterocycles. The second-order valence-corrected chi connectivity index (χ2v) is 8.77. The van der Waals surface area contributed by atoms with E-state index >= 15 is 0 Å². The van der Waals surface area contributed by atoms with Gasteiger partial charge in [-0.05, 0) is 43.0 Å². The number of carbonyl (C=O) groups is 2.